The van der Waals surface area contributed by atoms with Gasteiger partial charge in [-0.15, -0.1) is 0 Å². The van der Waals surface area contributed by atoms with Crippen LogP contribution < -0.4 is 5.32 Å². The largest absolute Gasteiger partial charge is 0.483 e. The third-order valence-electron chi connectivity index (χ3n) is 1.58. The molecule has 0 heterocycles. The van der Waals surface area contributed by atoms with Crippen molar-refractivity contribution in [3.63, 3.8) is 0 Å². The van der Waals surface area contributed by atoms with E-state index in [2.05, 4.69) is 18.8 Å². The van der Waals surface area contributed by atoms with E-state index in [1.165, 1.54) is 5.56 Å². The van der Waals surface area contributed by atoms with Gasteiger partial charge >= 0.3 is 0 Å². The highest BCUT2D eigenvalue weighted by molar-refractivity contribution is 5.47. The summed E-state index contributed by atoms with van der Waals surface area (Å²) < 4.78 is 4.88. The van der Waals surface area contributed by atoms with Crippen LogP contribution in [0.5, 0.6) is 0 Å². The molecule has 0 amide bonds. The molecule has 2 nitrogen and oxygen atoms in total. The van der Waals surface area contributed by atoms with Gasteiger partial charge in [-0.25, -0.2) is 0 Å². The number of aryl methyl sites for hydroxylation is 1. The maximum Gasteiger partial charge on any atom is 0.183 e. The topological polar surface area (TPSA) is 21.3 Å². The first kappa shape index (κ1) is 8.65. The molecule has 1 aromatic carbocycles. The highest BCUT2D eigenvalue weighted by Gasteiger charge is 1.92. The minimum Gasteiger partial charge on any atom is -0.483 e. The van der Waals surface area contributed by atoms with Gasteiger partial charge in [-0.2, -0.15) is 0 Å². The van der Waals surface area contributed by atoms with Gasteiger partial charge in [0, 0.05) is 5.69 Å². The molecular formula is C10H13NO. The van der Waals surface area contributed by atoms with E-state index in [-0.39, 0.29) is 0 Å². The van der Waals surface area contributed by atoms with Gasteiger partial charge in [0.1, 0.15) is 0 Å². The van der Waals surface area contributed by atoms with Crippen molar-refractivity contribution in [2.24, 2.45) is 0 Å². The number of rotatable bonds is 3. The minimum atomic E-state index is 0.554. The summed E-state index contributed by atoms with van der Waals surface area (Å²) in [5.41, 5.74) is 2.23. The second-order valence-electron chi connectivity index (χ2n) is 2.62. The number of hydrogen-bond donors (Lipinski definition) is 1. The van der Waals surface area contributed by atoms with Crippen LogP contribution in [0.2, 0.25) is 0 Å². The molecular weight excluding hydrogens is 150 g/mol. The third kappa shape index (κ3) is 2.31. The fraction of sp³-hybridized carbons (Fsp3) is 0.200. The van der Waals surface area contributed by atoms with Crippen LogP contribution in [0.1, 0.15) is 5.56 Å². The second kappa shape index (κ2) is 3.81. The highest BCUT2D eigenvalue weighted by Crippen LogP contribution is 2.10. The summed E-state index contributed by atoms with van der Waals surface area (Å²) in [5, 5.41) is 3.00. The van der Waals surface area contributed by atoms with Crippen LogP contribution in [0.25, 0.3) is 0 Å². The van der Waals surface area contributed by atoms with Crippen LogP contribution in [-0.2, 0) is 4.74 Å². The molecule has 0 aliphatic rings. The Morgan fingerprint density at radius 2 is 1.92 bits per heavy atom. The van der Waals surface area contributed by atoms with Crippen molar-refractivity contribution in [3.8, 4) is 0 Å². The van der Waals surface area contributed by atoms with Crippen molar-refractivity contribution in [1.29, 1.82) is 0 Å². The first-order valence-electron chi connectivity index (χ1n) is 3.79. The predicted molar refractivity (Wildman–Crippen MR) is 51.0 cm³/mol. The summed E-state index contributed by atoms with van der Waals surface area (Å²) in [7, 11) is 1.59. The minimum absolute atomic E-state index is 0.554. The Bertz CT molecular complexity index is 264. The molecule has 1 aromatic rings. The van der Waals surface area contributed by atoms with Gasteiger partial charge in [0.2, 0.25) is 0 Å². The fourth-order valence-corrected chi connectivity index (χ4v) is 0.849. The van der Waals surface area contributed by atoms with Crippen LogP contribution in [0, 0.1) is 6.92 Å². The van der Waals surface area contributed by atoms with Gasteiger partial charge in [0.25, 0.3) is 0 Å². The van der Waals surface area contributed by atoms with Gasteiger partial charge in [-0.3, -0.25) is 0 Å². The van der Waals surface area contributed by atoms with Crippen molar-refractivity contribution in [1.82, 2.24) is 0 Å². The van der Waals surface area contributed by atoms with Gasteiger partial charge in [-0.1, -0.05) is 17.7 Å². The molecule has 0 spiro atoms. The number of benzene rings is 1. The van der Waals surface area contributed by atoms with Gasteiger partial charge < -0.3 is 10.1 Å². The van der Waals surface area contributed by atoms with E-state index in [0.29, 0.717) is 5.88 Å². The Labute approximate surface area is 72.9 Å². The van der Waals surface area contributed by atoms with E-state index < -0.39 is 0 Å². The van der Waals surface area contributed by atoms with Crippen LogP contribution in [0.15, 0.2) is 36.7 Å². The van der Waals surface area contributed by atoms with Crippen molar-refractivity contribution in [2.45, 2.75) is 6.92 Å². The van der Waals surface area contributed by atoms with Crippen LogP contribution in [0.3, 0.4) is 0 Å². The molecule has 0 fully saturated rings. The zero-order valence-corrected chi connectivity index (χ0v) is 7.42. The Hall–Kier alpha value is -1.44. The van der Waals surface area contributed by atoms with Gasteiger partial charge in [0.05, 0.1) is 7.11 Å². The van der Waals surface area contributed by atoms with E-state index in [9.17, 15) is 0 Å². The van der Waals surface area contributed by atoms with Crippen LogP contribution >= 0.6 is 0 Å². The monoisotopic (exact) mass is 163 g/mol. The molecule has 0 aliphatic carbocycles. The summed E-state index contributed by atoms with van der Waals surface area (Å²) >= 11 is 0. The second-order valence-corrected chi connectivity index (χ2v) is 2.62. The maximum atomic E-state index is 4.88. The average molecular weight is 163 g/mol. The summed E-state index contributed by atoms with van der Waals surface area (Å²) in [6, 6.07) is 8.04. The molecule has 0 unspecified atom stereocenters. The van der Waals surface area contributed by atoms with Gasteiger partial charge in [-0.05, 0) is 25.6 Å². The Morgan fingerprint density at radius 1 is 1.33 bits per heavy atom. The summed E-state index contributed by atoms with van der Waals surface area (Å²) in [6.07, 6.45) is 0. The number of ether oxygens (including phenoxy) is 1. The molecule has 0 bridgehead atoms. The lowest BCUT2D eigenvalue weighted by Crippen LogP contribution is -1.98. The van der Waals surface area contributed by atoms with E-state index in [4.69, 9.17) is 4.74 Å². The van der Waals surface area contributed by atoms with Crippen LogP contribution in [-0.4, -0.2) is 7.11 Å². The number of methoxy groups -OCH3 is 1. The normalized spacial score (nSPS) is 9.17. The Kier molecular flexibility index (Phi) is 2.75. The molecule has 1 N–H and O–H groups in total. The molecule has 12 heavy (non-hydrogen) atoms. The lowest BCUT2D eigenvalue weighted by molar-refractivity contribution is 0.299. The summed E-state index contributed by atoms with van der Waals surface area (Å²) in [6.45, 7) is 5.71. The fourth-order valence-electron chi connectivity index (χ4n) is 0.849. The maximum absolute atomic E-state index is 4.88. The van der Waals surface area contributed by atoms with Crippen molar-refractivity contribution < 1.29 is 4.74 Å². The molecule has 0 aromatic heterocycles. The molecule has 2 heteroatoms. The van der Waals surface area contributed by atoms with E-state index in [1.807, 2.05) is 24.3 Å². The van der Waals surface area contributed by atoms with Crippen molar-refractivity contribution in [2.75, 3.05) is 12.4 Å². The molecule has 0 saturated carbocycles. The average Bonchev–Trinajstić information content (AvgIpc) is 2.09. The number of nitrogens with one attached hydrogen (secondary N) is 1. The molecule has 0 saturated heterocycles. The lowest BCUT2D eigenvalue weighted by Gasteiger charge is -2.07. The first-order chi connectivity index (χ1) is 5.72. The van der Waals surface area contributed by atoms with E-state index >= 15 is 0 Å². The Balaban J connectivity index is 2.64. The molecule has 0 aliphatic heterocycles. The van der Waals surface area contributed by atoms with Crippen molar-refractivity contribution in [3.05, 3.63) is 42.3 Å². The lowest BCUT2D eigenvalue weighted by atomic mass is 10.2. The summed E-state index contributed by atoms with van der Waals surface area (Å²) in [4.78, 5) is 0. The Morgan fingerprint density at radius 3 is 2.42 bits per heavy atom. The first-order valence-corrected chi connectivity index (χ1v) is 3.79. The molecule has 0 radical (unpaired) electrons. The standard InChI is InChI=1S/C10H13NO/c1-8-4-6-10(7-5-8)11-9(2)12-3/h4-7,11H,2H2,1,3H3. The zero-order chi connectivity index (χ0) is 8.97. The SMILES string of the molecule is C=C(Nc1ccc(C)cc1)OC. The summed E-state index contributed by atoms with van der Waals surface area (Å²) in [5.74, 6) is 0.554. The number of anilines is 1. The molecule has 0 atom stereocenters. The smallest absolute Gasteiger partial charge is 0.183 e. The zero-order valence-electron chi connectivity index (χ0n) is 7.42. The highest BCUT2D eigenvalue weighted by atomic mass is 16.5. The molecule has 1 rings (SSSR count). The quantitative estimate of drug-likeness (QED) is 0.691. The van der Waals surface area contributed by atoms with Gasteiger partial charge in [0.15, 0.2) is 5.88 Å². The number of hydrogen-bond acceptors (Lipinski definition) is 2. The molecule has 64 valence electrons. The van der Waals surface area contributed by atoms with Crippen LogP contribution in [0.4, 0.5) is 5.69 Å². The van der Waals surface area contributed by atoms with E-state index in [1.54, 1.807) is 7.11 Å². The predicted octanol–water partition coefficient (Wildman–Crippen LogP) is 2.52. The van der Waals surface area contributed by atoms with E-state index in [0.717, 1.165) is 5.69 Å². The third-order valence-corrected chi connectivity index (χ3v) is 1.58. The van der Waals surface area contributed by atoms with Crippen molar-refractivity contribution >= 4 is 5.69 Å².